The van der Waals surface area contributed by atoms with Gasteiger partial charge in [0.1, 0.15) is 0 Å². The van der Waals surface area contributed by atoms with Gasteiger partial charge in [-0.2, -0.15) is 5.10 Å². The summed E-state index contributed by atoms with van der Waals surface area (Å²) in [5, 5.41) is 17.2. The summed E-state index contributed by atoms with van der Waals surface area (Å²) < 4.78 is 1.26. The molecule has 0 saturated carbocycles. The molecule has 4 N–H and O–H groups in total. The lowest BCUT2D eigenvalue weighted by molar-refractivity contribution is -0.113. The molecule has 0 unspecified atom stereocenters. The zero-order valence-corrected chi connectivity index (χ0v) is 15.5. The molecule has 1 aromatic carbocycles. The number of rotatable bonds is 7. The van der Waals surface area contributed by atoms with Crippen LogP contribution in [0.2, 0.25) is 0 Å². The summed E-state index contributed by atoms with van der Waals surface area (Å²) in [7, 11) is 0. The van der Waals surface area contributed by atoms with E-state index in [4.69, 9.17) is 5.84 Å². The molecule has 1 amide bonds. The molecule has 134 valence electrons. The van der Waals surface area contributed by atoms with Gasteiger partial charge in [-0.1, -0.05) is 36.0 Å². The Kier molecular flexibility index (Phi) is 5.87. The number of hydrogen-bond donors (Lipinski definition) is 3. The number of carbonyl (C=O) groups excluding carboxylic acids is 1. The monoisotopic (exact) mass is 387 g/mol. The second-order valence-corrected chi connectivity index (χ2v) is 7.14. The summed E-state index contributed by atoms with van der Waals surface area (Å²) in [6.07, 6.45) is 1.67. The van der Waals surface area contributed by atoms with Crippen molar-refractivity contribution in [3.05, 3.63) is 52.2 Å². The van der Waals surface area contributed by atoms with E-state index >= 15 is 0 Å². The highest BCUT2D eigenvalue weighted by Crippen LogP contribution is 2.18. The Morgan fingerprint density at radius 2 is 2.19 bits per heavy atom. The number of hydrazone groups is 1. The van der Waals surface area contributed by atoms with Crippen molar-refractivity contribution in [3.63, 3.8) is 0 Å². The maximum atomic E-state index is 12.1. The van der Waals surface area contributed by atoms with Crippen molar-refractivity contribution in [1.29, 1.82) is 0 Å². The van der Waals surface area contributed by atoms with Gasteiger partial charge in [-0.05, 0) is 30.0 Å². The molecule has 0 radical (unpaired) electrons. The predicted molar refractivity (Wildman–Crippen MR) is 106 cm³/mol. The quantitative estimate of drug-likeness (QED) is 0.249. The molecule has 3 rings (SSSR count). The Hall–Kier alpha value is -2.85. The molecule has 2 heterocycles. The van der Waals surface area contributed by atoms with E-state index in [9.17, 15) is 4.79 Å². The molecule has 10 heteroatoms. The van der Waals surface area contributed by atoms with Crippen molar-refractivity contribution in [2.45, 2.75) is 12.1 Å². The lowest BCUT2D eigenvalue weighted by Crippen LogP contribution is -2.17. The lowest BCUT2D eigenvalue weighted by Gasteiger charge is -2.07. The van der Waals surface area contributed by atoms with Gasteiger partial charge in [0.05, 0.1) is 12.0 Å². The Labute approximate surface area is 158 Å². The molecule has 0 saturated heterocycles. The number of nitrogens with two attached hydrogens (primary N) is 1. The van der Waals surface area contributed by atoms with Gasteiger partial charge >= 0.3 is 0 Å². The summed E-state index contributed by atoms with van der Waals surface area (Å²) >= 11 is 2.76. The minimum Gasteiger partial charge on any atom is -0.334 e. The van der Waals surface area contributed by atoms with E-state index in [1.54, 1.807) is 17.6 Å². The van der Waals surface area contributed by atoms with Crippen LogP contribution in [0.15, 0.2) is 52.0 Å². The first-order valence-corrected chi connectivity index (χ1v) is 9.51. The van der Waals surface area contributed by atoms with Crippen molar-refractivity contribution >= 4 is 46.9 Å². The molecule has 26 heavy (non-hydrogen) atoms. The summed E-state index contributed by atoms with van der Waals surface area (Å²) in [6.45, 7) is 1.94. The Bertz CT molecular complexity index is 905. The Morgan fingerprint density at radius 1 is 1.35 bits per heavy atom. The van der Waals surface area contributed by atoms with Crippen LogP contribution in [0, 0.1) is 6.92 Å². The number of thiophene rings is 1. The van der Waals surface area contributed by atoms with Crippen LogP contribution in [0.1, 0.15) is 10.4 Å². The first kappa shape index (κ1) is 18.0. The summed E-state index contributed by atoms with van der Waals surface area (Å²) in [5.41, 5.74) is 4.53. The van der Waals surface area contributed by atoms with E-state index in [2.05, 4.69) is 26.0 Å². The van der Waals surface area contributed by atoms with Crippen LogP contribution < -0.4 is 16.6 Å². The summed E-state index contributed by atoms with van der Waals surface area (Å²) in [5.74, 6) is 6.25. The van der Waals surface area contributed by atoms with E-state index in [-0.39, 0.29) is 11.7 Å². The van der Waals surface area contributed by atoms with Gasteiger partial charge in [-0.15, -0.1) is 21.5 Å². The number of nitrogens with one attached hydrogen (secondary N) is 2. The number of hydrogen-bond acceptors (Lipinski definition) is 8. The third kappa shape index (κ3) is 4.61. The largest absolute Gasteiger partial charge is 0.334 e. The highest BCUT2D eigenvalue weighted by Gasteiger charge is 2.12. The van der Waals surface area contributed by atoms with Crippen molar-refractivity contribution in [1.82, 2.24) is 14.9 Å². The third-order valence-corrected chi connectivity index (χ3v) is 5.07. The van der Waals surface area contributed by atoms with E-state index in [0.717, 1.165) is 16.1 Å². The fraction of sp³-hybridized carbons (Fsp3) is 0.125. The lowest BCUT2D eigenvalue weighted by atomic mass is 10.2. The standard InChI is InChI=1S/C16H17N7OS2/c1-11-5-2-3-7-13(11)19-14(24)10-26-16-22-21-15(23(16)17)20-18-9-12-6-4-8-25-12/h2-9H,10,17H2,1H3,(H,19,24)(H,20,21)/b18-9+. The number of nitrogens with zero attached hydrogens (tertiary/aromatic N) is 4. The van der Waals surface area contributed by atoms with Crippen molar-refractivity contribution in [3.8, 4) is 0 Å². The van der Waals surface area contributed by atoms with Crippen molar-refractivity contribution in [2.24, 2.45) is 5.10 Å². The SMILES string of the molecule is Cc1ccccc1NC(=O)CSc1nnc(N/N=C/c2cccs2)n1N. The average molecular weight is 387 g/mol. The molecule has 0 bridgehead atoms. The number of para-hydroxylation sites is 1. The molecule has 2 aromatic heterocycles. The van der Waals surface area contributed by atoms with Crippen LogP contribution in [0.3, 0.4) is 0 Å². The highest BCUT2D eigenvalue weighted by atomic mass is 32.2. The highest BCUT2D eigenvalue weighted by molar-refractivity contribution is 7.99. The van der Waals surface area contributed by atoms with Gasteiger partial charge in [0.2, 0.25) is 11.1 Å². The van der Waals surface area contributed by atoms with Gasteiger partial charge in [-0.25, -0.2) is 10.1 Å². The third-order valence-electron chi connectivity index (χ3n) is 3.32. The number of thioether (sulfide) groups is 1. The fourth-order valence-electron chi connectivity index (χ4n) is 2.00. The molecule has 0 aliphatic rings. The Balaban J connectivity index is 1.53. The van der Waals surface area contributed by atoms with Gasteiger partial charge < -0.3 is 11.2 Å². The van der Waals surface area contributed by atoms with Crippen LogP contribution in [-0.4, -0.2) is 32.7 Å². The van der Waals surface area contributed by atoms with Gasteiger partial charge in [0.15, 0.2) is 0 Å². The predicted octanol–water partition coefficient (Wildman–Crippen LogP) is 2.54. The zero-order chi connectivity index (χ0) is 18.4. The normalized spacial score (nSPS) is 11.0. The van der Waals surface area contributed by atoms with Crippen LogP contribution in [0.5, 0.6) is 0 Å². The van der Waals surface area contributed by atoms with Gasteiger partial charge in [-0.3, -0.25) is 4.79 Å². The van der Waals surface area contributed by atoms with E-state index in [0.29, 0.717) is 11.1 Å². The van der Waals surface area contributed by atoms with E-state index in [1.165, 1.54) is 16.4 Å². The zero-order valence-electron chi connectivity index (χ0n) is 13.9. The van der Waals surface area contributed by atoms with Crippen LogP contribution in [0.4, 0.5) is 11.6 Å². The molecule has 0 atom stereocenters. The van der Waals surface area contributed by atoms with Gasteiger partial charge in [0.25, 0.3) is 5.95 Å². The first-order valence-electron chi connectivity index (χ1n) is 7.65. The van der Waals surface area contributed by atoms with E-state index in [1.807, 2.05) is 48.7 Å². The Morgan fingerprint density at radius 3 is 2.96 bits per heavy atom. The number of aromatic nitrogens is 3. The average Bonchev–Trinajstić information content (AvgIpc) is 3.26. The fourth-order valence-corrected chi connectivity index (χ4v) is 3.24. The second-order valence-electron chi connectivity index (χ2n) is 5.21. The minimum absolute atomic E-state index is 0.141. The molecule has 8 nitrogen and oxygen atoms in total. The summed E-state index contributed by atoms with van der Waals surface area (Å²) in [6, 6.07) is 11.5. The van der Waals surface area contributed by atoms with Crippen LogP contribution >= 0.6 is 23.1 Å². The minimum atomic E-state index is -0.141. The van der Waals surface area contributed by atoms with Crippen LogP contribution in [-0.2, 0) is 4.79 Å². The number of nitrogen functional groups attached to an aromatic ring is 1. The van der Waals surface area contributed by atoms with E-state index < -0.39 is 0 Å². The topological polar surface area (TPSA) is 110 Å². The van der Waals surface area contributed by atoms with Crippen LogP contribution in [0.25, 0.3) is 0 Å². The molecular formula is C16H17N7OS2. The number of anilines is 2. The summed E-state index contributed by atoms with van der Waals surface area (Å²) in [4.78, 5) is 13.1. The first-order chi connectivity index (χ1) is 12.6. The van der Waals surface area contributed by atoms with Crippen molar-refractivity contribution < 1.29 is 4.79 Å². The molecule has 3 aromatic rings. The number of aryl methyl sites for hydroxylation is 1. The molecule has 0 aliphatic heterocycles. The molecule has 0 spiro atoms. The van der Waals surface area contributed by atoms with Crippen molar-refractivity contribution in [2.75, 3.05) is 22.3 Å². The smallest absolute Gasteiger partial charge is 0.264 e. The second kappa shape index (κ2) is 8.50. The number of amides is 1. The maximum absolute atomic E-state index is 12.1. The molecule has 0 aliphatic carbocycles. The number of benzene rings is 1. The number of carbonyl (C=O) groups is 1. The van der Waals surface area contributed by atoms with Gasteiger partial charge in [0, 0.05) is 10.6 Å². The maximum Gasteiger partial charge on any atom is 0.264 e. The molecular weight excluding hydrogens is 370 g/mol. The molecule has 0 fully saturated rings.